The summed E-state index contributed by atoms with van der Waals surface area (Å²) in [6.07, 6.45) is 3.67. The molecule has 2 aliphatic heterocycles. The van der Waals surface area contributed by atoms with Gasteiger partial charge in [-0.3, -0.25) is 9.10 Å². The number of carbonyl (C=O) groups is 2. The molecule has 0 radical (unpaired) electrons. The number of hydrogen-bond donors (Lipinski definition) is 0. The Labute approximate surface area is 211 Å². The third-order valence-corrected chi connectivity index (χ3v) is 9.95. The van der Waals surface area contributed by atoms with E-state index in [-0.39, 0.29) is 16.4 Å². The van der Waals surface area contributed by atoms with Crippen molar-refractivity contribution in [3.05, 3.63) is 65.7 Å². The second-order valence-corrected chi connectivity index (χ2v) is 12.8. The Morgan fingerprint density at radius 3 is 2.53 bits per heavy atom. The first-order valence-electron chi connectivity index (χ1n) is 11.7. The van der Waals surface area contributed by atoms with Crippen LogP contribution >= 0.6 is 0 Å². The quantitative estimate of drug-likeness (QED) is 0.377. The molecule has 2 aromatic carbocycles. The first kappa shape index (κ1) is 25.9. The average molecular weight is 533 g/mol. The van der Waals surface area contributed by atoms with Crippen LogP contribution in [0.15, 0.2) is 59.5 Å². The van der Waals surface area contributed by atoms with E-state index in [1.165, 1.54) is 27.4 Å². The summed E-state index contributed by atoms with van der Waals surface area (Å²) in [5.41, 5.74) is 2.27. The molecule has 0 bridgehead atoms. The second kappa shape index (κ2) is 10.4. The minimum Gasteiger partial charge on any atom is -0.452 e. The maximum atomic E-state index is 13.1. The van der Waals surface area contributed by atoms with Crippen molar-refractivity contribution < 1.29 is 31.2 Å². The normalized spacial score (nSPS) is 18.8. The lowest BCUT2D eigenvalue weighted by molar-refractivity contribution is -0.149. The molecule has 1 amide bonds. The van der Waals surface area contributed by atoms with Gasteiger partial charge in [-0.1, -0.05) is 30.3 Å². The maximum Gasteiger partial charge on any atom is 0.331 e. The van der Waals surface area contributed by atoms with Crippen LogP contribution in [0.5, 0.6) is 0 Å². The highest BCUT2D eigenvalue weighted by molar-refractivity contribution is 7.93. The molecule has 192 valence electrons. The number of fused-ring (bicyclic) bond motifs is 1. The summed E-state index contributed by atoms with van der Waals surface area (Å²) in [7, 11) is -6.84. The van der Waals surface area contributed by atoms with Gasteiger partial charge >= 0.3 is 5.97 Å². The van der Waals surface area contributed by atoms with Gasteiger partial charge in [0, 0.05) is 25.2 Å². The van der Waals surface area contributed by atoms with E-state index >= 15 is 0 Å². The van der Waals surface area contributed by atoms with Crippen molar-refractivity contribution in [1.82, 2.24) is 4.90 Å². The van der Waals surface area contributed by atoms with Gasteiger partial charge in [-0.15, -0.1) is 0 Å². The van der Waals surface area contributed by atoms with E-state index in [1.54, 1.807) is 25.1 Å². The molecule has 36 heavy (non-hydrogen) atoms. The molecule has 4 rings (SSSR count). The average Bonchev–Trinajstić information content (AvgIpc) is 3.45. The van der Waals surface area contributed by atoms with Crippen LogP contribution < -0.4 is 4.31 Å². The van der Waals surface area contributed by atoms with E-state index in [2.05, 4.69) is 0 Å². The molecule has 1 atom stereocenters. The minimum absolute atomic E-state index is 0.0510. The number of benzene rings is 2. The number of ether oxygens (including phenoxy) is 1. The van der Waals surface area contributed by atoms with Crippen LogP contribution in [-0.4, -0.2) is 70.9 Å². The van der Waals surface area contributed by atoms with Crippen LogP contribution in [0.25, 0.3) is 6.08 Å². The van der Waals surface area contributed by atoms with E-state index in [9.17, 15) is 26.4 Å². The van der Waals surface area contributed by atoms with E-state index < -0.39 is 44.4 Å². The number of likely N-dealkylation sites (N-methyl/N-ethyl adjacent to an activating group) is 1. The fraction of sp³-hybridized carbons (Fsp3) is 0.360. The van der Waals surface area contributed by atoms with E-state index in [1.807, 2.05) is 18.2 Å². The molecule has 9 nitrogen and oxygen atoms in total. The van der Waals surface area contributed by atoms with Crippen molar-refractivity contribution in [2.75, 3.05) is 35.5 Å². The first-order chi connectivity index (χ1) is 17.1. The van der Waals surface area contributed by atoms with Gasteiger partial charge in [0.05, 0.1) is 22.1 Å². The fourth-order valence-corrected chi connectivity index (χ4v) is 7.76. The van der Waals surface area contributed by atoms with Gasteiger partial charge in [-0.05, 0) is 55.2 Å². The minimum atomic E-state index is -3.71. The molecule has 0 saturated carbocycles. The summed E-state index contributed by atoms with van der Waals surface area (Å²) >= 11 is 0. The number of esters is 1. The largest absolute Gasteiger partial charge is 0.452 e. The van der Waals surface area contributed by atoms with Crippen molar-refractivity contribution in [1.29, 1.82) is 0 Å². The standard InChI is InChI=1S/C25H28N2O7S2/c1-2-26(21-14-16-35(30,31)18-21)24(28)17-34-25(29)12-9-19-7-10-22(11-8-19)36(32,33)27-15-13-20-5-3-4-6-23(20)27/h3-12,21H,2,13-18H2,1H3/b12-9+/t21-/m1/s1. The third kappa shape index (κ3) is 5.62. The molecule has 2 heterocycles. The highest BCUT2D eigenvalue weighted by Crippen LogP contribution is 2.32. The monoisotopic (exact) mass is 532 g/mol. The van der Waals surface area contributed by atoms with Crippen molar-refractivity contribution in [2.45, 2.75) is 30.7 Å². The Morgan fingerprint density at radius 2 is 1.86 bits per heavy atom. The third-order valence-electron chi connectivity index (χ3n) is 6.37. The molecule has 0 N–H and O–H groups in total. The first-order valence-corrected chi connectivity index (χ1v) is 14.9. The van der Waals surface area contributed by atoms with E-state index in [0.717, 1.165) is 11.6 Å². The molecule has 0 unspecified atom stereocenters. The maximum absolute atomic E-state index is 13.1. The molecule has 2 aromatic rings. The molecule has 0 aliphatic carbocycles. The van der Waals surface area contributed by atoms with Crippen LogP contribution in [0.2, 0.25) is 0 Å². The number of sulfonamides is 1. The van der Waals surface area contributed by atoms with Gasteiger partial charge in [0.2, 0.25) is 0 Å². The van der Waals surface area contributed by atoms with Gasteiger partial charge < -0.3 is 9.64 Å². The van der Waals surface area contributed by atoms with Gasteiger partial charge in [-0.2, -0.15) is 0 Å². The summed E-state index contributed by atoms with van der Waals surface area (Å²) < 4.78 is 56.0. The summed E-state index contributed by atoms with van der Waals surface area (Å²) in [5.74, 6) is -1.20. The topological polar surface area (TPSA) is 118 Å². The van der Waals surface area contributed by atoms with Crippen LogP contribution in [0, 0.1) is 0 Å². The lowest BCUT2D eigenvalue weighted by atomic mass is 10.2. The number of anilines is 1. The molecule has 0 aromatic heterocycles. The van der Waals surface area contributed by atoms with Gasteiger partial charge in [-0.25, -0.2) is 21.6 Å². The predicted octanol–water partition coefficient (Wildman–Crippen LogP) is 2.03. The smallest absolute Gasteiger partial charge is 0.331 e. The number of hydrogen-bond acceptors (Lipinski definition) is 7. The molecule has 11 heteroatoms. The molecule has 0 spiro atoms. The summed E-state index contributed by atoms with van der Waals surface area (Å²) in [6, 6.07) is 13.2. The Hall–Kier alpha value is -3.18. The number of sulfone groups is 1. The zero-order valence-electron chi connectivity index (χ0n) is 19.9. The zero-order chi connectivity index (χ0) is 25.9. The Balaban J connectivity index is 1.33. The number of amides is 1. The Kier molecular flexibility index (Phi) is 7.51. The zero-order valence-corrected chi connectivity index (χ0v) is 21.5. The SMILES string of the molecule is CCN(C(=O)COC(=O)/C=C/c1ccc(S(=O)(=O)N2CCc3ccccc32)cc1)[C@@H]1CCS(=O)(=O)C1. The molecular formula is C25H28N2O7S2. The molecule has 1 saturated heterocycles. The highest BCUT2D eigenvalue weighted by Gasteiger charge is 2.34. The summed E-state index contributed by atoms with van der Waals surface area (Å²) in [5, 5.41) is 0. The number of nitrogens with zero attached hydrogens (tertiary/aromatic N) is 2. The summed E-state index contributed by atoms with van der Waals surface area (Å²) in [6.45, 7) is 1.98. The van der Waals surface area contributed by atoms with Gasteiger partial charge in [0.25, 0.3) is 15.9 Å². The van der Waals surface area contributed by atoms with Crippen molar-refractivity contribution in [2.24, 2.45) is 0 Å². The van der Waals surface area contributed by atoms with E-state index in [0.29, 0.717) is 37.2 Å². The van der Waals surface area contributed by atoms with Crippen LogP contribution in [0.4, 0.5) is 5.69 Å². The van der Waals surface area contributed by atoms with E-state index in [4.69, 9.17) is 4.74 Å². The van der Waals surface area contributed by atoms with Crippen LogP contribution in [-0.2, 0) is 40.6 Å². The number of carbonyl (C=O) groups excluding carboxylic acids is 2. The lowest BCUT2D eigenvalue weighted by Crippen LogP contribution is -2.43. The van der Waals surface area contributed by atoms with Crippen LogP contribution in [0.1, 0.15) is 24.5 Å². The van der Waals surface area contributed by atoms with Crippen molar-refractivity contribution in [3.63, 3.8) is 0 Å². The number of para-hydroxylation sites is 1. The van der Waals surface area contributed by atoms with Crippen molar-refractivity contribution in [3.8, 4) is 0 Å². The van der Waals surface area contributed by atoms with Crippen molar-refractivity contribution >= 4 is 43.5 Å². The van der Waals surface area contributed by atoms with Crippen LogP contribution in [0.3, 0.4) is 0 Å². The van der Waals surface area contributed by atoms with Gasteiger partial charge in [0.1, 0.15) is 0 Å². The second-order valence-electron chi connectivity index (χ2n) is 8.70. The molecular weight excluding hydrogens is 504 g/mol. The molecule has 2 aliphatic rings. The summed E-state index contributed by atoms with van der Waals surface area (Å²) in [4.78, 5) is 26.1. The lowest BCUT2D eigenvalue weighted by Gasteiger charge is -2.26. The fourth-order valence-electron chi connectivity index (χ4n) is 4.52. The number of rotatable bonds is 8. The predicted molar refractivity (Wildman–Crippen MR) is 136 cm³/mol. The Morgan fingerprint density at radius 1 is 1.14 bits per heavy atom. The molecule has 1 fully saturated rings. The highest BCUT2D eigenvalue weighted by atomic mass is 32.2. The Bertz CT molecular complexity index is 1380. The van der Waals surface area contributed by atoms with Gasteiger partial charge in [0.15, 0.2) is 16.4 Å².